The number of hydrogen-bond donors (Lipinski definition) is 0. The van der Waals surface area contributed by atoms with Crippen LogP contribution in [0.5, 0.6) is 0 Å². The predicted molar refractivity (Wildman–Crippen MR) is 103 cm³/mol. The second-order valence-corrected chi connectivity index (χ2v) is 7.64. The van der Waals surface area contributed by atoms with Crippen LogP contribution >= 0.6 is 22.9 Å². The second kappa shape index (κ2) is 7.85. The maximum absolute atomic E-state index is 12.9. The molecule has 0 unspecified atom stereocenters. The number of halogens is 1. The topological polar surface area (TPSA) is 80.6 Å². The van der Waals surface area contributed by atoms with Crippen LogP contribution in [-0.4, -0.2) is 69.4 Å². The molecule has 0 aliphatic carbocycles. The largest absolute Gasteiger partial charge is 0.450 e. The van der Waals surface area contributed by atoms with Crippen molar-refractivity contribution in [2.75, 3.05) is 32.8 Å². The Hall–Kier alpha value is -2.13. The number of aryl methyl sites for hydroxylation is 2. The van der Waals surface area contributed by atoms with Crippen molar-refractivity contribution < 1.29 is 14.3 Å². The fourth-order valence-corrected chi connectivity index (χ4v) is 4.09. The Labute approximate surface area is 166 Å². The van der Waals surface area contributed by atoms with Gasteiger partial charge in [0.05, 0.1) is 28.7 Å². The Morgan fingerprint density at radius 3 is 2.30 bits per heavy atom. The van der Waals surface area contributed by atoms with E-state index in [2.05, 4.69) is 10.1 Å². The van der Waals surface area contributed by atoms with Crippen LogP contribution in [0.2, 0.25) is 5.02 Å². The summed E-state index contributed by atoms with van der Waals surface area (Å²) in [7, 11) is 0. The second-order valence-electron chi connectivity index (χ2n) is 6.29. The molecule has 1 aliphatic heterocycles. The zero-order valence-corrected chi connectivity index (χ0v) is 17.4. The lowest BCUT2D eigenvalue weighted by Crippen LogP contribution is -2.50. The maximum Gasteiger partial charge on any atom is 0.409 e. The minimum Gasteiger partial charge on any atom is -0.450 e. The molecule has 1 fully saturated rings. The van der Waals surface area contributed by atoms with E-state index >= 15 is 0 Å². The first-order chi connectivity index (χ1) is 12.8. The van der Waals surface area contributed by atoms with E-state index in [-0.39, 0.29) is 12.0 Å². The van der Waals surface area contributed by atoms with Gasteiger partial charge in [-0.15, -0.1) is 0 Å². The number of thiazole rings is 1. The fourth-order valence-electron chi connectivity index (χ4n) is 2.93. The Morgan fingerprint density at radius 2 is 1.74 bits per heavy atom. The first-order valence-corrected chi connectivity index (χ1v) is 9.93. The molecule has 0 radical (unpaired) electrons. The van der Waals surface area contributed by atoms with Crippen molar-refractivity contribution in [1.82, 2.24) is 24.6 Å². The molecular formula is C17H22ClN5O3S. The van der Waals surface area contributed by atoms with Crippen LogP contribution in [0.15, 0.2) is 0 Å². The fraction of sp³-hybridized carbons (Fsp3) is 0.529. The van der Waals surface area contributed by atoms with Gasteiger partial charge in [0.25, 0.3) is 5.91 Å². The van der Waals surface area contributed by atoms with Crippen LogP contribution in [0.25, 0.3) is 5.13 Å². The number of rotatable bonds is 3. The molecule has 3 rings (SSSR count). The number of ether oxygens (including phenoxy) is 1. The van der Waals surface area contributed by atoms with E-state index in [1.54, 1.807) is 21.4 Å². The summed E-state index contributed by atoms with van der Waals surface area (Å²) in [5, 5.41) is 5.62. The highest BCUT2D eigenvalue weighted by atomic mass is 35.5. The average molecular weight is 412 g/mol. The number of aromatic nitrogens is 3. The van der Waals surface area contributed by atoms with Crippen molar-refractivity contribution in [1.29, 1.82) is 0 Å². The van der Waals surface area contributed by atoms with E-state index in [0.29, 0.717) is 53.5 Å². The third-order valence-corrected chi connectivity index (χ3v) is 6.12. The van der Waals surface area contributed by atoms with Crippen molar-refractivity contribution >= 4 is 34.9 Å². The molecule has 0 aromatic carbocycles. The van der Waals surface area contributed by atoms with Crippen LogP contribution in [0.4, 0.5) is 4.79 Å². The van der Waals surface area contributed by atoms with Crippen LogP contribution in [0.3, 0.4) is 0 Å². The first-order valence-electron chi connectivity index (χ1n) is 8.74. The number of carbonyl (C=O) groups excluding carboxylic acids is 2. The van der Waals surface area contributed by atoms with E-state index in [0.717, 1.165) is 11.4 Å². The lowest BCUT2D eigenvalue weighted by atomic mass is 10.3. The van der Waals surface area contributed by atoms with Gasteiger partial charge in [0, 0.05) is 26.2 Å². The molecule has 0 bridgehead atoms. The Bertz CT molecular complexity index is 870. The summed E-state index contributed by atoms with van der Waals surface area (Å²) in [6.07, 6.45) is -0.331. The first kappa shape index (κ1) is 19.6. The van der Waals surface area contributed by atoms with E-state index < -0.39 is 0 Å². The van der Waals surface area contributed by atoms with Crippen LogP contribution < -0.4 is 0 Å². The standard InChI is InChI=1S/C17H22ClN5O3S/c1-5-26-17(25)22-8-6-21(7-9-22)15(24)14-11(3)19-16(27-14)23-12(4)13(18)10(2)20-23/h5-9H2,1-4H3. The van der Waals surface area contributed by atoms with Crippen LogP contribution in [-0.2, 0) is 4.74 Å². The third kappa shape index (κ3) is 3.79. The van der Waals surface area contributed by atoms with E-state index in [1.165, 1.54) is 11.3 Å². The lowest BCUT2D eigenvalue weighted by Gasteiger charge is -2.33. The highest BCUT2D eigenvalue weighted by Gasteiger charge is 2.28. The maximum atomic E-state index is 12.9. The predicted octanol–water partition coefficient (Wildman–Crippen LogP) is 2.82. The van der Waals surface area contributed by atoms with E-state index in [1.807, 2.05) is 20.8 Å². The summed E-state index contributed by atoms with van der Waals surface area (Å²) < 4.78 is 6.68. The van der Waals surface area contributed by atoms with Crippen molar-refractivity contribution in [2.45, 2.75) is 27.7 Å². The van der Waals surface area contributed by atoms with Crippen molar-refractivity contribution in [3.05, 3.63) is 27.0 Å². The van der Waals surface area contributed by atoms with E-state index in [4.69, 9.17) is 16.3 Å². The molecule has 0 atom stereocenters. The van der Waals surface area contributed by atoms with Crippen LogP contribution in [0.1, 0.15) is 33.7 Å². The summed E-state index contributed by atoms with van der Waals surface area (Å²) in [5.41, 5.74) is 2.19. The molecule has 1 saturated heterocycles. The van der Waals surface area contributed by atoms with Crippen molar-refractivity contribution in [3.8, 4) is 5.13 Å². The summed E-state index contributed by atoms with van der Waals surface area (Å²) >= 11 is 7.52. The number of hydrogen-bond acceptors (Lipinski definition) is 6. The molecule has 146 valence electrons. The van der Waals surface area contributed by atoms with Gasteiger partial charge in [0.1, 0.15) is 4.88 Å². The van der Waals surface area contributed by atoms with Crippen molar-refractivity contribution in [3.63, 3.8) is 0 Å². The molecule has 0 saturated carbocycles. The zero-order chi connectivity index (χ0) is 19.7. The van der Waals surface area contributed by atoms with Gasteiger partial charge in [-0.05, 0) is 27.7 Å². The van der Waals surface area contributed by atoms with Gasteiger partial charge in [0.2, 0.25) is 5.13 Å². The lowest BCUT2D eigenvalue weighted by molar-refractivity contribution is 0.0573. The number of nitrogens with zero attached hydrogens (tertiary/aromatic N) is 5. The quantitative estimate of drug-likeness (QED) is 0.775. The molecule has 2 amide bonds. The molecule has 27 heavy (non-hydrogen) atoms. The van der Waals surface area contributed by atoms with Crippen molar-refractivity contribution in [2.24, 2.45) is 0 Å². The monoisotopic (exact) mass is 411 g/mol. The van der Waals surface area contributed by atoms with Gasteiger partial charge in [-0.25, -0.2) is 14.5 Å². The SMILES string of the molecule is CCOC(=O)N1CCN(C(=O)c2sc(-n3nc(C)c(Cl)c3C)nc2C)CC1. The molecule has 2 aromatic heterocycles. The summed E-state index contributed by atoms with van der Waals surface area (Å²) in [6.45, 7) is 9.50. The summed E-state index contributed by atoms with van der Waals surface area (Å²) in [5.74, 6) is -0.0765. The zero-order valence-electron chi connectivity index (χ0n) is 15.8. The molecule has 0 spiro atoms. The van der Waals surface area contributed by atoms with Gasteiger partial charge in [-0.1, -0.05) is 22.9 Å². The minimum atomic E-state index is -0.331. The molecule has 2 aromatic rings. The Balaban J connectivity index is 1.74. The Kier molecular flexibility index (Phi) is 5.71. The van der Waals surface area contributed by atoms with E-state index in [9.17, 15) is 9.59 Å². The summed E-state index contributed by atoms with van der Waals surface area (Å²) in [4.78, 5) is 33.2. The number of carbonyl (C=O) groups is 2. The van der Waals surface area contributed by atoms with Gasteiger partial charge in [0.15, 0.2) is 0 Å². The molecule has 8 nitrogen and oxygen atoms in total. The molecular weight excluding hydrogens is 390 g/mol. The molecule has 1 aliphatic rings. The minimum absolute atomic E-state index is 0.0765. The summed E-state index contributed by atoms with van der Waals surface area (Å²) in [6, 6.07) is 0. The average Bonchev–Trinajstić information content (AvgIpc) is 3.16. The molecule has 10 heteroatoms. The highest BCUT2D eigenvalue weighted by Crippen LogP contribution is 2.28. The van der Waals surface area contributed by atoms with Gasteiger partial charge in [-0.2, -0.15) is 5.10 Å². The van der Waals surface area contributed by atoms with Gasteiger partial charge >= 0.3 is 6.09 Å². The third-order valence-electron chi connectivity index (χ3n) is 4.46. The van der Waals surface area contributed by atoms with Gasteiger partial charge < -0.3 is 14.5 Å². The van der Waals surface area contributed by atoms with Crippen LogP contribution in [0, 0.1) is 20.8 Å². The number of piperazine rings is 1. The van der Waals surface area contributed by atoms with Gasteiger partial charge in [-0.3, -0.25) is 4.79 Å². The molecule has 0 N–H and O–H groups in total. The normalized spacial score (nSPS) is 14.6. The molecule has 3 heterocycles. The number of amides is 2. The Morgan fingerprint density at radius 1 is 1.11 bits per heavy atom. The highest BCUT2D eigenvalue weighted by molar-refractivity contribution is 7.16. The smallest absolute Gasteiger partial charge is 0.409 e.